The highest BCUT2D eigenvalue weighted by Gasteiger charge is 2.19. The molecule has 0 unspecified atom stereocenters. The molecule has 1 aromatic rings. The Hall–Kier alpha value is -0.530. The summed E-state index contributed by atoms with van der Waals surface area (Å²) in [5, 5.41) is 3.24. The molecule has 0 radical (unpaired) electrons. The molecular formula is C10H13ClN+. The Balaban J connectivity index is 2.17. The van der Waals surface area contributed by atoms with E-state index in [1.807, 2.05) is 12.1 Å². The molecule has 2 heteroatoms. The van der Waals surface area contributed by atoms with E-state index in [-0.39, 0.29) is 0 Å². The van der Waals surface area contributed by atoms with Crippen molar-refractivity contribution in [2.45, 2.75) is 18.9 Å². The molecule has 1 atom stereocenters. The van der Waals surface area contributed by atoms with Gasteiger partial charge in [0.15, 0.2) is 0 Å². The van der Waals surface area contributed by atoms with Crippen LogP contribution >= 0.6 is 11.6 Å². The van der Waals surface area contributed by atoms with E-state index in [2.05, 4.69) is 17.4 Å². The average molecular weight is 183 g/mol. The number of benzene rings is 1. The van der Waals surface area contributed by atoms with E-state index in [0.717, 1.165) is 5.02 Å². The third kappa shape index (κ3) is 1.62. The van der Waals surface area contributed by atoms with Crippen LogP contribution in [0.5, 0.6) is 0 Å². The molecule has 1 aromatic carbocycles. The number of hydrogen-bond donors (Lipinski definition) is 1. The van der Waals surface area contributed by atoms with Crippen molar-refractivity contribution in [2.75, 3.05) is 6.54 Å². The highest BCUT2D eigenvalue weighted by Crippen LogP contribution is 2.19. The third-order valence-corrected chi connectivity index (χ3v) is 2.72. The molecule has 1 fully saturated rings. The Kier molecular flexibility index (Phi) is 2.33. The molecule has 1 saturated heterocycles. The summed E-state index contributed by atoms with van der Waals surface area (Å²) in [5.74, 6) is 0. The molecule has 64 valence electrons. The van der Waals surface area contributed by atoms with Gasteiger partial charge in [-0.25, -0.2) is 0 Å². The number of halogens is 1. The van der Waals surface area contributed by atoms with Crippen LogP contribution in [-0.2, 0) is 0 Å². The zero-order valence-electron chi connectivity index (χ0n) is 6.96. The van der Waals surface area contributed by atoms with Gasteiger partial charge >= 0.3 is 0 Å². The lowest BCUT2D eigenvalue weighted by atomic mass is 10.1. The minimum Gasteiger partial charge on any atom is -0.340 e. The monoisotopic (exact) mass is 182 g/mol. The van der Waals surface area contributed by atoms with Gasteiger partial charge in [-0.15, -0.1) is 0 Å². The second kappa shape index (κ2) is 3.46. The van der Waals surface area contributed by atoms with Crippen molar-refractivity contribution in [1.82, 2.24) is 0 Å². The molecule has 2 N–H and O–H groups in total. The largest absolute Gasteiger partial charge is 0.340 e. The number of nitrogens with two attached hydrogens (primary N) is 1. The van der Waals surface area contributed by atoms with Crippen molar-refractivity contribution in [3.05, 3.63) is 34.9 Å². The first-order valence-electron chi connectivity index (χ1n) is 4.45. The van der Waals surface area contributed by atoms with E-state index >= 15 is 0 Å². The molecule has 1 aliphatic rings. The van der Waals surface area contributed by atoms with Crippen molar-refractivity contribution >= 4 is 11.6 Å². The summed E-state index contributed by atoms with van der Waals surface area (Å²) in [4.78, 5) is 0. The lowest BCUT2D eigenvalue weighted by Gasteiger charge is -2.06. The Bertz CT molecular complexity index is 249. The highest BCUT2D eigenvalue weighted by molar-refractivity contribution is 6.30. The summed E-state index contributed by atoms with van der Waals surface area (Å²) in [7, 11) is 0. The van der Waals surface area contributed by atoms with Gasteiger partial charge in [-0.2, -0.15) is 0 Å². The average Bonchev–Trinajstić information content (AvgIpc) is 2.58. The number of quaternary nitrogens is 1. The van der Waals surface area contributed by atoms with Crippen molar-refractivity contribution < 1.29 is 5.32 Å². The van der Waals surface area contributed by atoms with Gasteiger partial charge in [-0.05, 0) is 12.1 Å². The second-order valence-corrected chi connectivity index (χ2v) is 3.76. The van der Waals surface area contributed by atoms with Crippen molar-refractivity contribution in [2.24, 2.45) is 0 Å². The van der Waals surface area contributed by atoms with E-state index in [9.17, 15) is 0 Å². The van der Waals surface area contributed by atoms with E-state index in [4.69, 9.17) is 11.6 Å². The molecule has 1 nitrogen and oxygen atoms in total. The molecule has 0 saturated carbocycles. The molecule has 0 spiro atoms. The van der Waals surface area contributed by atoms with Gasteiger partial charge < -0.3 is 5.32 Å². The van der Waals surface area contributed by atoms with Crippen LogP contribution in [0.3, 0.4) is 0 Å². The maximum Gasteiger partial charge on any atom is 0.112 e. The fourth-order valence-electron chi connectivity index (χ4n) is 1.79. The van der Waals surface area contributed by atoms with Crippen molar-refractivity contribution in [3.63, 3.8) is 0 Å². The molecule has 0 amide bonds. The third-order valence-electron chi connectivity index (χ3n) is 2.47. The van der Waals surface area contributed by atoms with Crippen LogP contribution in [0, 0.1) is 0 Å². The minimum absolute atomic E-state index is 0.683. The summed E-state index contributed by atoms with van der Waals surface area (Å²) in [6.07, 6.45) is 2.65. The van der Waals surface area contributed by atoms with Crippen LogP contribution in [0.2, 0.25) is 5.02 Å². The zero-order chi connectivity index (χ0) is 8.39. The lowest BCUT2D eigenvalue weighted by molar-refractivity contribution is -0.676. The maximum atomic E-state index is 5.81. The van der Waals surface area contributed by atoms with Gasteiger partial charge in [0.25, 0.3) is 0 Å². The predicted octanol–water partition coefficient (Wildman–Crippen LogP) is 1.74. The fraction of sp³-hybridized carbons (Fsp3) is 0.400. The number of hydrogen-bond acceptors (Lipinski definition) is 0. The van der Waals surface area contributed by atoms with Crippen LogP contribution in [0.15, 0.2) is 24.3 Å². The predicted molar refractivity (Wildman–Crippen MR) is 50.2 cm³/mol. The van der Waals surface area contributed by atoms with Crippen molar-refractivity contribution in [3.8, 4) is 0 Å². The molecular weight excluding hydrogens is 170 g/mol. The Morgan fingerprint density at radius 1 is 1.25 bits per heavy atom. The van der Waals surface area contributed by atoms with Gasteiger partial charge in [0, 0.05) is 23.4 Å². The molecule has 12 heavy (non-hydrogen) atoms. The molecule has 0 bridgehead atoms. The van der Waals surface area contributed by atoms with Crippen molar-refractivity contribution in [1.29, 1.82) is 0 Å². The van der Waals surface area contributed by atoms with Crippen LogP contribution in [0.25, 0.3) is 0 Å². The first-order valence-corrected chi connectivity index (χ1v) is 4.83. The summed E-state index contributed by atoms with van der Waals surface area (Å²) < 4.78 is 0. The van der Waals surface area contributed by atoms with E-state index in [1.165, 1.54) is 24.9 Å². The summed E-state index contributed by atoms with van der Waals surface area (Å²) >= 11 is 5.81. The normalized spacial score (nSPS) is 22.9. The maximum absolute atomic E-state index is 5.81. The Morgan fingerprint density at radius 2 is 2.00 bits per heavy atom. The first-order chi connectivity index (χ1) is 5.86. The summed E-state index contributed by atoms with van der Waals surface area (Å²) in [5.41, 5.74) is 1.41. The number of rotatable bonds is 1. The molecule has 2 rings (SSSR count). The first kappa shape index (κ1) is 8.09. The molecule has 1 aliphatic heterocycles. The lowest BCUT2D eigenvalue weighted by Crippen LogP contribution is -2.81. The van der Waals surface area contributed by atoms with Gasteiger partial charge in [0.2, 0.25) is 0 Å². The van der Waals surface area contributed by atoms with E-state index < -0.39 is 0 Å². The fourth-order valence-corrected chi connectivity index (χ4v) is 1.91. The van der Waals surface area contributed by atoms with E-state index in [0.29, 0.717) is 6.04 Å². The second-order valence-electron chi connectivity index (χ2n) is 3.32. The Labute approximate surface area is 77.7 Å². The quantitative estimate of drug-likeness (QED) is 0.682. The topological polar surface area (TPSA) is 16.6 Å². The van der Waals surface area contributed by atoms with Gasteiger partial charge in [-0.3, -0.25) is 0 Å². The van der Waals surface area contributed by atoms with Gasteiger partial charge in [0.05, 0.1) is 6.54 Å². The summed E-state index contributed by atoms with van der Waals surface area (Å²) in [6, 6.07) is 8.90. The minimum atomic E-state index is 0.683. The SMILES string of the molecule is Clc1ccc([C@@H]2CCC[NH2+]2)cc1. The van der Waals surface area contributed by atoms with Crippen LogP contribution < -0.4 is 5.32 Å². The smallest absolute Gasteiger partial charge is 0.112 e. The van der Waals surface area contributed by atoms with Crippen LogP contribution in [0.1, 0.15) is 24.4 Å². The van der Waals surface area contributed by atoms with Crippen LogP contribution in [0.4, 0.5) is 0 Å². The standard InChI is InChI=1S/C10H12ClN/c11-9-5-3-8(4-6-9)10-2-1-7-12-10/h3-6,10,12H,1-2,7H2/p+1/t10-/m0/s1. The van der Waals surface area contributed by atoms with E-state index in [1.54, 1.807) is 0 Å². The molecule has 0 aromatic heterocycles. The Morgan fingerprint density at radius 3 is 2.58 bits per heavy atom. The van der Waals surface area contributed by atoms with Gasteiger partial charge in [-0.1, -0.05) is 23.7 Å². The summed E-state index contributed by atoms with van der Waals surface area (Å²) in [6.45, 7) is 1.27. The highest BCUT2D eigenvalue weighted by atomic mass is 35.5. The van der Waals surface area contributed by atoms with Gasteiger partial charge in [0.1, 0.15) is 6.04 Å². The zero-order valence-corrected chi connectivity index (χ0v) is 7.72. The molecule has 0 aliphatic carbocycles. The molecule has 1 heterocycles. The van der Waals surface area contributed by atoms with Crippen LogP contribution in [-0.4, -0.2) is 6.54 Å².